The first-order valence-corrected chi connectivity index (χ1v) is 18.9. The molecule has 0 fully saturated rings. The quantitative estimate of drug-likeness (QED) is 0.0303. The van der Waals surface area contributed by atoms with Crippen LogP contribution in [0.25, 0.3) is 0 Å². The van der Waals surface area contributed by atoms with Crippen molar-refractivity contribution < 1.29 is 38.2 Å². The fourth-order valence-corrected chi connectivity index (χ4v) is 5.32. The second-order valence-corrected chi connectivity index (χ2v) is 13.8. The van der Waals surface area contributed by atoms with Crippen LogP contribution in [0.2, 0.25) is 0 Å². The van der Waals surface area contributed by atoms with Gasteiger partial charge < -0.3 is 28.6 Å². The number of ether oxygens (including phenoxy) is 3. The van der Waals surface area contributed by atoms with Crippen LogP contribution in [0.15, 0.2) is 24.3 Å². The van der Waals surface area contributed by atoms with E-state index >= 15 is 0 Å². The van der Waals surface area contributed by atoms with Gasteiger partial charge >= 0.3 is 11.9 Å². The molecule has 0 radical (unpaired) electrons. The first kappa shape index (κ1) is 44.8. The van der Waals surface area contributed by atoms with E-state index in [2.05, 4.69) is 38.2 Å². The summed E-state index contributed by atoms with van der Waals surface area (Å²) in [6, 6.07) is -0.723. The van der Waals surface area contributed by atoms with Crippen molar-refractivity contribution >= 4 is 17.9 Å². The number of rotatable bonds is 33. The number of likely N-dealkylation sites (N-methyl/N-ethyl adjacent to an activating group) is 1. The van der Waals surface area contributed by atoms with Crippen LogP contribution in [0, 0.1) is 0 Å². The summed E-state index contributed by atoms with van der Waals surface area (Å²) in [5.74, 6) is -1.76. The minimum Gasteiger partial charge on any atom is -0.544 e. The number of carboxylic acid groups (broad SMARTS) is 1. The first-order valence-electron chi connectivity index (χ1n) is 18.9. The number of nitrogens with zero attached hydrogens (tertiary/aromatic N) is 1. The molecule has 2 atom stereocenters. The van der Waals surface area contributed by atoms with Gasteiger partial charge in [0.25, 0.3) is 0 Å². The van der Waals surface area contributed by atoms with Gasteiger partial charge in [0.15, 0.2) is 6.10 Å². The number of hydrogen-bond acceptors (Lipinski definition) is 7. The Hall–Kier alpha value is -2.19. The molecule has 0 rings (SSSR count). The molecule has 0 aromatic rings. The molecule has 0 N–H and O–H groups in total. The third-order valence-electron chi connectivity index (χ3n) is 8.34. The van der Waals surface area contributed by atoms with E-state index < -0.39 is 18.1 Å². The molecule has 0 aliphatic heterocycles. The molecular weight excluding hydrogens is 594 g/mol. The number of carbonyl (C=O) groups excluding carboxylic acids is 3. The van der Waals surface area contributed by atoms with E-state index in [0.29, 0.717) is 12.8 Å². The average molecular weight is 666 g/mol. The molecule has 47 heavy (non-hydrogen) atoms. The highest BCUT2D eigenvalue weighted by molar-refractivity contribution is 5.70. The molecule has 0 aromatic carbocycles. The lowest BCUT2D eigenvalue weighted by molar-refractivity contribution is -0.889. The summed E-state index contributed by atoms with van der Waals surface area (Å²) in [4.78, 5) is 36.5. The highest BCUT2D eigenvalue weighted by Gasteiger charge is 2.25. The fourth-order valence-electron chi connectivity index (χ4n) is 5.32. The molecule has 0 saturated carbocycles. The number of esters is 2. The molecule has 8 nitrogen and oxygen atoms in total. The standard InChI is InChI=1S/C39H71NO7/c1-6-8-10-12-14-16-17-18-19-20-22-24-26-28-30-38(42)47-35(33-45-32-31-36(39(43)44)40(3,4)5)34-46-37(41)29-27-25-23-21-15-13-11-9-7-2/h12,14,17-18,35-36H,6-11,13,15-16,19-34H2,1-5H3/b14-12-,18-17-. The van der Waals surface area contributed by atoms with Crippen LogP contribution >= 0.6 is 0 Å². The molecule has 0 heterocycles. The Labute approximate surface area is 288 Å². The molecule has 8 heteroatoms. The number of unbranched alkanes of at least 4 members (excludes halogenated alkanes) is 15. The summed E-state index contributed by atoms with van der Waals surface area (Å²) >= 11 is 0. The molecule has 274 valence electrons. The van der Waals surface area contributed by atoms with E-state index in [1.807, 2.05) is 0 Å². The third-order valence-corrected chi connectivity index (χ3v) is 8.34. The zero-order valence-corrected chi connectivity index (χ0v) is 30.9. The summed E-state index contributed by atoms with van der Waals surface area (Å²) in [7, 11) is 5.39. The van der Waals surface area contributed by atoms with Crippen molar-refractivity contribution in [2.24, 2.45) is 0 Å². The summed E-state index contributed by atoms with van der Waals surface area (Å²) < 4.78 is 17.0. The summed E-state index contributed by atoms with van der Waals surface area (Å²) in [5, 5.41) is 11.6. The van der Waals surface area contributed by atoms with Gasteiger partial charge in [-0.2, -0.15) is 0 Å². The van der Waals surface area contributed by atoms with Crippen LogP contribution in [0.4, 0.5) is 0 Å². The van der Waals surface area contributed by atoms with Gasteiger partial charge in [0, 0.05) is 19.3 Å². The van der Waals surface area contributed by atoms with Gasteiger partial charge in [-0.05, 0) is 38.5 Å². The van der Waals surface area contributed by atoms with Gasteiger partial charge in [0.05, 0.1) is 40.3 Å². The van der Waals surface area contributed by atoms with Crippen molar-refractivity contribution in [3.8, 4) is 0 Å². The average Bonchev–Trinajstić information content (AvgIpc) is 3.01. The number of aliphatic carboxylic acids is 1. The lowest BCUT2D eigenvalue weighted by atomic mass is 10.1. The van der Waals surface area contributed by atoms with Crippen LogP contribution in [-0.4, -0.2) is 75.5 Å². The number of hydrogen-bond donors (Lipinski definition) is 0. The second-order valence-electron chi connectivity index (χ2n) is 13.8. The molecule has 0 spiro atoms. The minimum atomic E-state index is -1.13. The number of carbonyl (C=O) groups is 3. The normalized spacial score (nSPS) is 13.3. The second kappa shape index (κ2) is 31.1. The number of carboxylic acids is 1. The lowest BCUT2D eigenvalue weighted by Crippen LogP contribution is -2.55. The van der Waals surface area contributed by atoms with Crippen LogP contribution in [0.1, 0.15) is 155 Å². The maximum Gasteiger partial charge on any atom is 0.306 e. The Bertz CT molecular complexity index is 834. The summed E-state index contributed by atoms with van der Waals surface area (Å²) in [6.45, 7) is 4.57. The topological polar surface area (TPSA) is 102 Å². The molecule has 2 unspecified atom stereocenters. The van der Waals surface area contributed by atoms with Gasteiger partial charge in [0.2, 0.25) is 0 Å². The summed E-state index contributed by atoms with van der Waals surface area (Å²) in [6.07, 6.45) is 30.6. The Kier molecular flexibility index (Phi) is 29.7. The van der Waals surface area contributed by atoms with E-state index in [4.69, 9.17) is 14.2 Å². The Morgan fingerprint density at radius 1 is 0.638 bits per heavy atom. The predicted octanol–water partition coefficient (Wildman–Crippen LogP) is 8.02. The molecule has 0 aliphatic rings. The van der Waals surface area contributed by atoms with Crippen molar-refractivity contribution in [3.63, 3.8) is 0 Å². The van der Waals surface area contributed by atoms with Crippen LogP contribution < -0.4 is 5.11 Å². The third kappa shape index (κ3) is 29.7. The van der Waals surface area contributed by atoms with Gasteiger partial charge in [-0.1, -0.05) is 122 Å². The monoisotopic (exact) mass is 666 g/mol. The molecule has 0 saturated heterocycles. The van der Waals surface area contributed by atoms with E-state index in [0.717, 1.165) is 64.2 Å². The van der Waals surface area contributed by atoms with E-state index in [-0.39, 0.29) is 42.7 Å². The van der Waals surface area contributed by atoms with Crippen molar-refractivity contribution in [2.45, 2.75) is 167 Å². The van der Waals surface area contributed by atoms with Crippen molar-refractivity contribution in [2.75, 3.05) is 41.0 Å². The predicted molar refractivity (Wildman–Crippen MR) is 190 cm³/mol. The SMILES string of the molecule is CCCC/C=C\C/C=C\CCCCCCCC(=O)OC(COCCC(C(=O)[O-])[N+](C)(C)C)COC(=O)CCCCCCCCCCC. The number of quaternary nitrogens is 1. The van der Waals surface area contributed by atoms with Crippen LogP contribution in [0.5, 0.6) is 0 Å². The highest BCUT2D eigenvalue weighted by atomic mass is 16.6. The lowest BCUT2D eigenvalue weighted by Gasteiger charge is -2.34. The van der Waals surface area contributed by atoms with E-state index in [9.17, 15) is 19.5 Å². The molecule has 0 bridgehead atoms. The molecule has 0 aliphatic carbocycles. The first-order chi connectivity index (χ1) is 22.6. The zero-order valence-electron chi connectivity index (χ0n) is 30.9. The maximum atomic E-state index is 12.6. The summed E-state index contributed by atoms with van der Waals surface area (Å²) in [5.41, 5.74) is 0. The fraction of sp³-hybridized carbons (Fsp3) is 0.821. The zero-order chi connectivity index (χ0) is 35.0. The van der Waals surface area contributed by atoms with Crippen molar-refractivity contribution in [3.05, 3.63) is 24.3 Å². The van der Waals surface area contributed by atoms with Gasteiger partial charge in [-0.25, -0.2) is 0 Å². The van der Waals surface area contributed by atoms with Crippen molar-refractivity contribution in [1.82, 2.24) is 0 Å². The molecule has 0 aromatic heterocycles. The molecular formula is C39H71NO7. The largest absolute Gasteiger partial charge is 0.544 e. The highest BCUT2D eigenvalue weighted by Crippen LogP contribution is 2.13. The smallest absolute Gasteiger partial charge is 0.306 e. The van der Waals surface area contributed by atoms with Crippen molar-refractivity contribution in [1.29, 1.82) is 0 Å². The maximum absolute atomic E-state index is 12.6. The van der Waals surface area contributed by atoms with E-state index in [1.165, 1.54) is 57.8 Å². The minimum absolute atomic E-state index is 0.0377. The Balaban J connectivity index is 4.45. The Morgan fingerprint density at radius 2 is 1.15 bits per heavy atom. The van der Waals surface area contributed by atoms with Crippen LogP contribution in [0.3, 0.4) is 0 Å². The molecule has 0 amide bonds. The van der Waals surface area contributed by atoms with Gasteiger partial charge in [0.1, 0.15) is 12.6 Å². The Morgan fingerprint density at radius 3 is 1.70 bits per heavy atom. The number of allylic oxidation sites excluding steroid dienone is 4. The van der Waals surface area contributed by atoms with Gasteiger partial charge in [-0.15, -0.1) is 0 Å². The van der Waals surface area contributed by atoms with E-state index in [1.54, 1.807) is 21.1 Å². The van der Waals surface area contributed by atoms with Crippen LogP contribution in [-0.2, 0) is 28.6 Å². The van der Waals surface area contributed by atoms with Gasteiger partial charge in [-0.3, -0.25) is 9.59 Å².